The third-order valence-electron chi connectivity index (χ3n) is 1.99. The van der Waals surface area contributed by atoms with Gasteiger partial charge in [-0.1, -0.05) is 6.07 Å². The van der Waals surface area contributed by atoms with Crippen LogP contribution in [0.3, 0.4) is 0 Å². The number of nitrogens with two attached hydrogens (primary N) is 1. The van der Waals surface area contributed by atoms with E-state index in [2.05, 4.69) is 4.18 Å². The van der Waals surface area contributed by atoms with Crippen LogP contribution in [0.1, 0.15) is 11.7 Å². The van der Waals surface area contributed by atoms with Gasteiger partial charge in [-0.25, -0.2) is 8.42 Å². The van der Waals surface area contributed by atoms with E-state index in [4.69, 9.17) is 10.5 Å². The molecule has 96 valence electrons. The van der Waals surface area contributed by atoms with Gasteiger partial charge in [0.25, 0.3) is 10.4 Å². The summed E-state index contributed by atoms with van der Waals surface area (Å²) in [6, 6.07) is 3.95. The van der Waals surface area contributed by atoms with Gasteiger partial charge in [0, 0.05) is 6.54 Å². The van der Waals surface area contributed by atoms with Crippen LogP contribution in [-0.4, -0.2) is 31.7 Å². The van der Waals surface area contributed by atoms with Gasteiger partial charge >= 0.3 is 29.6 Å². The van der Waals surface area contributed by atoms with E-state index in [-0.39, 0.29) is 47.6 Å². The maximum absolute atomic E-state index is 10.4. The first-order valence-electron chi connectivity index (χ1n) is 4.58. The topological polar surface area (TPSA) is 122 Å². The maximum atomic E-state index is 10.4. The van der Waals surface area contributed by atoms with Crippen molar-refractivity contribution in [3.63, 3.8) is 0 Å². The Hall–Kier alpha value is -0.350. The number of aliphatic hydroxyl groups excluding tert-OH is 1. The predicted octanol–water partition coefficient (Wildman–Crippen LogP) is -3.47. The van der Waals surface area contributed by atoms with E-state index in [1.807, 2.05) is 0 Å². The van der Waals surface area contributed by atoms with E-state index < -0.39 is 16.5 Å². The van der Waals surface area contributed by atoms with Gasteiger partial charge in [-0.05, 0) is 17.7 Å². The molecule has 9 heteroatoms. The molecule has 1 rings (SSSR count). The molecule has 1 atom stereocenters. The third-order valence-corrected chi connectivity index (χ3v) is 2.37. The van der Waals surface area contributed by atoms with Crippen LogP contribution in [0.2, 0.25) is 0 Å². The van der Waals surface area contributed by atoms with Crippen molar-refractivity contribution in [3.05, 3.63) is 23.8 Å². The van der Waals surface area contributed by atoms with Gasteiger partial charge in [0.15, 0.2) is 11.5 Å². The second kappa shape index (κ2) is 7.29. The number of hydrogen-bond donors (Lipinski definition) is 2. The van der Waals surface area contributed by atoms with Gasteiger partial charge in [-0.3, -0.25) is 0 Å². The van der Waals surface area contributed by atoms with Gasteiger partial charge in [-0.15, -0.1) is 0 Å². The molecular weight excluding hydrogens is 273 g/mol. The molecule has 0 aliphatic heterocycles. The molecule has 0 amide bonds. The minimum Gasteiger partial charge on any atom is -0.716 e. The van der Waals surface area contributed by atoms with Gasteiger partial charge < -0.3 is 24.3 Å². The smallest absolute Gasteiger partial charge is 0.716 e. The Morgan fingerprint density at radius 2 is 2.06 bits per heavy atom. The van der Waals surface area contributed by atoms with Crippen molar-refractivity contribution >= 4 is 10.4 Å². The summed E-state index contributed by atoms with van der Waals surface area (Å²) in [4.78, 5) is 0. The minimum absolute atomic E-state index is 0. The van der Waals surface area contributed by atoms with E-state index in [0.29, 0.717) is 5.56 Å². The molecule has 0 aliphatic carbocycles. The molecule has 1 unspecified atom stereocenters. The summed E-state index contributed by atoms with van der Waals surface area (Å²) in [5.74, 6) is -0.218. The predicted molar refractivity (Wildman–Crippen MR) is 57.3 cm³/mol. The number of rotatable bonds is 5. The molecule has 0 aliphatic rings. The Kier molecular flexibility index (Phi) is 7.15. The van der Waals surface area contributed by atoms with Crippen LogP contribution >= 0.6 is 0 Å². The fourth-order valence-electron chi connectivity index (χ4n) is 1.21. The summed E-state index contributed by atoms with van der Waals surface area (Å²) < 4.78 is 40.3. The van der Waals surface area contributed by atoms with Crippen molar-refractivity contribution in [1.82, 2.24) is 0 Å². The molecule has 18 heavy (non-hydrogen) atoms. The van der Waals surface area contributed by atoms with E-state index in [1.165, 1.54) is 25.3 Å². The van der Waals surface area contributed by atoms with Crippen molar-refractivity contribution in [2.75, 3.05) is 13.7 Å². The minimum atomic E-state index is -4.87. The maximum Gasteiger partial charge on any atom is 1.00 e. The number of methoxy groups -OCH3 is 1. The molecule has 0 spiro atoms. The molecule has 0 bridgehead atoms. The fourth-order valence-corrected chi connectivity index (χ4v) is 1.56. The molecule has 0 radical (unpaired) electrons. The van der Waals surface area contributed by atoms with Crippen LogP contribution in [0.15, 0.2) is 18.2 Å². The number of aliphatic hydroxyl groups is 1. The van der Waals surface area contributed by atoms with Crippen LogP contribution in [0, 0.1) is 0 Å². The van der Waals surface area contributed by atoms with Crippen molar-refractivity contribution in [3.8, 4) is 11.5 Å². The summed E-state index contributed by atoms with van der Waals surface area (Å²) in [5, 5.41) is 9.47. The Balaban J connectivity index is 0.00000289. The zero-order valence-electron chi connectivity index (χ0n) is 9.99. The van der Waals surface area contributed by atoms with Gasteiger partial charge in [-0.2, -0.15) is 0 Å². The van der Waals surface area contributed by atoms with Crippen molar-refractivity contribution in [1.29, 1.82) is 0 Å². The van der Waals surface area contributed by atoms with E-state index >= 15 is 0 Å². The van der Waals surface area contributed by atoms with Gasteiger partial charge in [0.2, 0.25) is 0 Å². The quantitative estimate of drug-likeness (QED) is 0.327. The second-order valence-electron chi connectivity index (χ2n) is 3.15. The molecule has 0 saturated heterocycles. The molecule has 3 N–H and O–H groups in total. The normalized spacial score (nSPS) is 12.4. The number of hydrogen-bond acceptors (Lipinski definition) is 7. The standard InChI is InChI=1S/C9H13NO6S.Na/c1-15-9-4-6(7(11)5-10)2-3-8(9)16-17(12,13)14;/h2-4,7,11H,5,10H2,1H3,(H,12,13,14);/q;+1/p-1. The fraction of sp³-hybridized carbons (Fsp3) is 0.333. The third kappa shape index (κ3) is 5.11. The first kappa shape index (κ1) is 17.6. The molecule has 7 nitrogen and oxygen atoms in total. The van der Waals surface area contributed by atoms with Gasteiger partial charge in [0.1, 0.15) is 0 Å². The molecule has 0 aromatic heterocycles. The summed E-state index contributed by atoms with van der Waals surface area (Å²) in [5.41, 5.74) is 5.70. The molecule has 0 fully saturated rings. The average Bonchev–Trinajstić information content (AvgIpc) is 2.26. The van der Waals surface area contributed by atoms with Crippen LogP contribution in [0.5, 0.6) is 11.5 Å². The zero-order valence-corrected chi connectivity index (χ0v) is 12.8. The largest absolute Gasteiger partial charge is 1.00 e. The van der Waals surface area contributed by atoms with Crippen molar-refractivity contribution in [2.24, 2.45) is 5.73 Å². The average molecular weight is 285 g/mol. The van der Waals surface area contributed by atoms with E-state index in [9.17, 15) is 18.1 Å². The molecule has 1 aromatic carbocycles. The Labute approximate surface area is 127 Å². The molecule has 0 heterocycles. The van der Waals surface area contributed by atoms with Crippen molar-refractivity contribution in [2.45, 2.75) is 6.10 Å². The number of benzene rings is 1. The van der Waals surface area contributed by atoms with Crippen LogP contribution in [0.25, 0.3) is 0 Å². The molecule has 0 saturated carbocycles. The summed E-state index contributed by atoms with van der Waals surface area (Å²) in [7, 11) is -3.59. The zero-order chi connectivity index (χ0) is 13.1. The van der Waals surface area contributed by atoms with Crippen LogP contribution < -0.4 is 44.2 Å². The van der Waals surface area contributed by atoms with Crippen LogP contribution in [0.4, 0.5) is 0 Å². The van der Waals surface area contributed by atoms with Crippen LogP contribution in [-0.2, 0) is 10.4 Å². The van der Waals surface area contributed by atoms with E-state index in [1.54, 1.807) is 0 Å². The van der Waals surface area contributed by atoms with Crippen molar-refractivity contribution < 1.29 is 56.6 Å². The van der Waals surface area contributed by atoms with Gasteiger partial charge in [0.05, 0.1) is 13.2 Å². The summed E-state index contributed by atoms with van der Waals surface area (Å²) >= 11 is 0. The molecule has 1 aromatic rings. The Morgan fingerprint density at radius 1 is 1.44 bits per heavy atom. The monoisotopic (exact) mass is 285 g/mol. The Bertz CT molecular complexity index is 492. The number of ether oxygens (including phenoxy) is 1. The Morgan fingerprint density at radius 3 is 2.50 bits per heavy atom. The molecular formula is C9H12NNaO6S. The van der Waals surface area contributed by atoms with E-state index in [0.717, 1.165) is 0 Å². The summed E-state index contributed by atoms with van der Waals surface area (Å²) in [6.45, 7) is 0.00319. The summed E-state index contributed by atoms with van der Waals surface area (Å²) in [6.07, 6.45) is -0.901. The second-order valence-corrected chi connectivity index (χ2v) is 4.14. The first-order valence-corrected chi connectivity index (χ1v) is 5.92. The first-order chi connectivity index (χ1) is 7.87. The SMILES string of the molecule is COc1cc(C(O)CN)ccc1OS(=O)(=O)[O-].[Na+].